The summed E-state index contributed by atoms with van der Waals surface area (Å²) in [4.78, 5) is 0. The minimum Gasteiger partial charge on any atom is -0.342 e. The molecule has 0 aliphatic heterocycles. The van der Waals surface area contributed by atoms with Gasteiger partial charge in [0.2, 0.25) is 0 Å². The number of alkyl halides is 3. The van der Waals surface area contributed by atoms with Crippen molar-refractivity contribution in [2.45, 2.75) is 38.9 Å². The van der Waals surface area contributed by atoms with Crippen LogP contribution in [0.1, 0.15) is 37.6 Å². The SMILES string of the molecule is CNCCCc1cc2cccc(C(F)(F)F)c2n1C(C)C. The van der Waals surface area contributed by atoms with Gasteiger partial charge in [-0.05, 0) is 52.4 Å². The lowest BCUT2D eigenvalue weighted by Crippen LogP contribution is -2.13. The first kappa shape index (κ1) is 15.9. The third-order valence-electron chi connectivity index (χ3n) is 3.62. The molecule has 1 aromatic carbocycles. The molecule has 0 saturated carbocycles. The summed E-state index contributed by atoms with van der Waals surface area (Å²) in [5, 5.41) is 3.73. The highest BCUT2D eigenvalue weighted by Crippen LogP contribution is 2.37. The summed E-state index contributed by atoms with van der Waals surface area (Å²) in [5.74, 6) is 0. The number of benzene rings is 1. The van der Waals surface area contributed by atoms with E-state index in [0.29, 0.717) is 10.9 Å². The lowest BCUT2D eigenvalue weighted by Gasteiger charge is -2.18. The fraction of sp³-hybridized carbons (Fsp3) is 0.500. The molecule has 0 atom stereocenters. The molecule has 0 amide bonds. The van der Waals surface area contributed by atoms with E-state index in [1.165, 1.54) is 12.1 Å². The van der Waals surface area contributed by atoms with Gasteiger partial charge < -0.3 is 9.88 Å². The Balaban J connectivity index is 2.59. The van der Waals surface area contributed by atoms with Crippen LogP contribution >= 0.6 is 0 Å². The Bertz CT molecular complexity index is 612. The van der Waals surface area contributed by atoms with E-state index in [0.717, 1.165) is 25.1 Å². The maximum Gasteiger partial charge on any atom is 0.418 e. The summed E-state index contributed by atoms with van der Waals surface area (Å²) in [6.45, 7) is 4.70. The van der Waals surface area contributed by atoms with Crippen molar-refractivity contribution in [3.05, 3.63) is 35.5 Å². The molecule has 116 valence electrons. The Morgan fingerprint density at radius 3 is 2.52 bits per heavy atom. The van der Waals surface area contributed by atoms with Crippen molar-refractivity contribution in [2.24, 2.45) is 0 Å². The van der Waals surface area contributed by atoms with Gasteiger partial charge in [0, 0.05) is 17.1 Å². The molecule has 2 nitrogen and oxygen atoms in total. The average Bonchev–Trinajstić information content (AvgIpc) is 2.75. The normalized spacial score (nSPS) is 12.5. The Kier molecular flexibility index (Phi) is 4.61. The highest BCUT2D eigenvalue weighted by atomic mass is 19.4. The van der Waals surface area contributed by atoms with Crippen molar-refractivity contribution in [2.75, 3.05) is 13.6 Å². The lowest BCUT2D eigenvalue weighted by molar-refractivity contribution is -0.136. The summed E-state index contributed by atoms with van der Waals surface area (Å²) < 4.78 is 41.6. The van der Waals surface area contributed by atoms with Crippen LogP contribution in [-0.4, -0.2) is 18.2 Å². The second-order valence-corrected chi connectivity index (χ2v) is 5.55. The number of aromatic nitrogens is 1. The number of nitrogens with zero attached hydrogens (tertiary/aromatic N) is 1. The molecule has 1 aromatic heterocycles. The zero-order valence-electron chi connectivity index (χ0n) is 12.6. The van der Waals surface area contributed by atoms with E-state index in [1.54, 1.807) is 6.07 Å². The zero-order chi connectivity index (χ0) is 15.6. The van der Waals surface area contributed by atoms with Crippen LogP contribution in [0, 0.1) is 0 Å². The van der Waals surface area contributed by atoms with Gasteiger partial charge in [-0.15, -0.1) is 0 Å². The molecular formula is C16H21F3N2. The summed E-state index contributed by atoms with van der Waals surface area (Å²) in [6, 6.07) is 6.28. The van der Waals surface area contributed by atoms with Gasteiger partial charge in [-0.25, -0.2) is 0 Å². The lowest BCUT2D eigenvalue weighted by atomic mass is 10.1. The highest BCUT2D eigenvalue weighted by molar-refractivity contribution is 5.85. The topological polar surface area (TPSA) is 17.0 Å². The fourth-order valence-corrected chi connectivity index (χ4v) is 2.80. The van der Waals surface area contributed by atoms with E-state index in [4.69, 9.17) is 0 Å². The molecule has 2 rings (SSSR count). The van der Waals surface area contributed by atoms with Gasteiger partial charge in [0.15, 0.2) is 0 Å². The Morgan fingerprint density at radius 1 is 1.24 bits per heavy atom. The third-order valence-corrected chi connectivity index (χ3v) is 3.62. The molecule has 0 aliphatic carbocycles. The van der Waals surface area contributed by atoms with Crippen LogP contribution in [-0.2, 0) is 12.6 Å². The van der Waals surface area contributed by atoms with E-state index >= 15 is 0 Å². The Morgan fingerprint density at radius 2 is 1.95 bits per heavy atom. The summed E-state index contributed by atoms with van der Waals surface area (Å²) in [6.07, 6.45) is -2.65. The standard InChI is InChI=1S/C16H21F3N2/c1-11(2)21-13(7-5-9-20-3)10-12-6-4-8-14(15(12)21)16(17,18)19/h4,6,8,10-11,20H,5,7,9H2,1-3H3. The molecular weight excluding hydrogens is 277 g/mol. The second-order valence-electron chi connectivity index (χ2n) is 5.55. The number of rotatable bonds is 5. The van der Waals surface area contributed by atoms with Crippen LogP contribution in [0.25, 0.3) is 10.9 Å². The minimum atomic E-state index is -4.33. The smallest absolute Gasteiger partial charge is 0.342 e. The van der Waals surface area contributed by atoms with Gasteiger partial charge in [-0.2, -0.15) is 13.2 Å². The quantitative estimate of drug-likeness (QED) is 0.810. The number of fused-ring (bicyclic) bond motifs is 1. The zero-order valence-corrected chi connectivity index (χ0v) is 12.6. The molecule has 1 N–H and O–H groups in total. The Labute approximate surface area is 122 Å². The Hall–Kier alpha value is -1.49. The third kappa shape index (κ3) is 3.23. The monoisotopic (exact) mass is 298 g/mol. The van der Waals surface area contributed by atoms with E-state index < -0.39 is 11.7 Å². The molecule has 5 heteroatoms. The van der Waals surface area contributed by atoms with Crippen LogP contribution in [0.15, 0.2) is 24.3 Å². The van der Waals surface area contributed by atoms with E-state index in [9.17, 15) is 13.2 Å². The second kappa shape index (κ2) is 6.10. The van der Waals surface area contributed by atoms with Gasteiger partial charge in [0.05, 0.1) is 11.1 Å². The van der Waals surface area contributed by atoms with Crippen molar-refractivity contribution in [3.8, 4) is 0 Å². The number of nitrogens with one attached hydrogen (secondary N) is 1. The number of hydrogen-bond acceptors (Lipinski definition) is 1. The molecule has 0 fully saturated rings. The van der Waals surface area contributed by atoms with E-state index in [2.05, 4.69) is 5.32 Å². The van der Waals surface area contributed by atoms with Crippen molar-refractivity contribution >= 4 is 10.9 Å². The van der Waals surface area contributed by atoms with Crippen LogP contribution in [0.3, 0.4) is 0 Å². The van der Waals surface area contributed by atoms with Crippen molar-refractivity contribution in [1.82, 2.24) is 9.88 Å². The van der Waals surface area contributed by atoms with Gasteiger partial charge in [-0.1, -0.05) is 12.1 Å². The van der Waals surface area contributed by atoms with Gasteiger partial charge >= 0.3 is 6.18 Å². The van der Waals surface area contributed by atoms with E-state index in [-0.39, 0.29) is 6.04 Å². The van der Waals surface area contributed by atoms with Gasteiger partial charge in [0.25, 0.3) is 0 Å². The molecule has 0 spiro atoms. The number of aryl methyl sites for hydroxylation is 1. The number of hydrogen-bond donors (Lipinski definition) is 1. The van der Waals surface area contributed by atoms with Crippen molar-refractivity contribution in [3.63, 3.8) is 0 Å². The number of para-hydroxylation sites is 1. The molecule has 0 unspecified atom stereocenters. The molecule has 0 aliphatic rings. The maximum atomic E-state index is 13.3. The van der Waals surface area contributed by atoms with E-state index in [1.807, 2.05) is 31.5 Å². The molecule has 1 heterocycles. The van der Waals surface area contributed by atoms with Crippen LogP contribution < -0.4 is 5.32 Å². The van der Waals surface area contributed by atoms with Crippen LogP contribution in [0.4, 0.5) is 13.2 Å². The molecule has 2 aromatic rings. The largest absolute Gasteiger partial charge is 0.418 e. The minimum absolute atomic E-state index is 0.00409. The predicted molar refractivity (Wildman–Crippen MR) is 79.6 cm³/mol. The molecule has 0 saturated heterocycles. The highest BCUT2D eigenvalue weighted by Gasteiger charge is 2.34. The summed E-state index contributed by atoms with van der Waals surface area (Å²) >= 11 is 0. The van der Waals surface area contributed by atoms with Gasteiger partial charge in [0.1, 0.15) is 0 Å². The molecule has 0 bridgehead atoms. The van der Waals surface area contributed by atoms with Crippen molar-refractivity contribution in [1.29, 1.82) is 0 Å². The maximum absolute atomic E-state index is 13.3. The first-order valence-electron chi connectivity index (χ1n) is 7.21. The fourth-order valence-electron chi connectivity index (χ4n) is 2.80. The van der Waals surface area contributed by atoms with Crippen molar-refractivity contribution < 1.29 is 13.2 Å². The predicted octanol–water partition coefficient (Wildman–Crippen LogP) is 4.39. The first-order valence-corrected chi connectivity index (χ1v) is 7.21. The molecule has 0 radical (unpaired) electrons. The van der Waals surface area contributed by atoms with Crippen LogP contribution in [0.2, 0.25) is 0 Å². The van der Waals surface area contributed by atoms with Crippen LogP contribution in [0.5, 0.6) is 0 Å². The van der Waals surface area contributed by atoms with Gasteiger partial charge in [-0.3, -0.25) is 0 Å². The summed E-state index contributed by atoms with van der Waals surface area (Å²) in [5.41, 5.74) is 0.722. The summed E-state index contributed by atoms with van der Waals surface area (Å²) in [7, 11) is 1.87. The average molecular weight is 298 g/mol. The number of halogens is 3. The molecule has 21 heavy (non-hydrogen) atoms. The first-order chi connectivity index (χ1) is 9.86.